The topological polar surface area (TPSA) is 92.6 Å². The minimum Gasteiger partial charge on any atom is -0.373 e. The van der Waals surface area contributed by atoms with Crippen LogP contribution in [0.25, 0.3) is 0 Å². The Labute approximate surface area is 163 Å². The number of hydrogen-bond donors (Lipinski definition) is 1. The first kappa shape index (κ1) is 19.6. The van der Waals surface area contributed by atoms with Crippen LogP contribution in [0.15, 0.2) is 47.4 Å². The number of rotatable bonds is 6. The van der Waals surface area contributed by atoms with E-state index in [1.165, 1.54) is 16.4 Å². The van der Waals surface area contributed by atoms with Gasteiger partial charge in [-0.3, -0.25) is 10.1 Å². The van der Waals surface area contributed by atoms with Gasteiger partial charge in [0.2, 0.25) is 10.0 Å². The Hall–Kier alpha value is -2.16. The molecule has 1 saturated heterocycles. The maximum atomic E-state index is 12.7. The zero-order valence-corrected chi connectivity index (χ0v) is 16.3. The van der Waals surface area contributed by atoms with E-state index in [1.54, 1.807) is 12.1 Å². The van der Waals surface area contributed by atoms with Crippen LogP contribution in [-0.2, 0) is 10.0 Å². The van der Waals surface area contributed by atoms with Crippen LogP contribution in [0.5, 0.6) is 0 Å². The highest BCUT2D eigenvalue weighted by Gasteiger charge is 2.29. The van der Waals surface area contributed by atoms with Gasteiger partial charge in [0, 0.05) is 24.2 Å². The SMILES string of the molecule is C[C@H](Nc1ccc(S(=O)(=O)N2CCCC2)cc1[N+](=O)[O-])c1ccccc1Cl. The molecular weight excluding hydrogens is 390 g/mol. The highest BCUT2D eigenvalue weighted by Crippen LogP contribution is 2.33. The molecular formula is C18H20ClN3O4S. The lowest BCUT2D eigenvalue weighted by atomic mass is 10.1. The van der Waals surface area contributed by atoms with E-state index in [4.69, 9.17) is 11.6 Å². The van der Waals surface area contributed by atoms with Crippen molar-refractivity contribution >= 4 is 33.0 Å². The first-order valence-corrected chi connectivity index (χ1v) is 10.4. The molecule has 0 aromatic heterocycles. The first-order chi connectivity index (χ1) is 12.8. The summed E-state index contributed by atoms with van der Waals surface area (Å²) in [4.78, 5) is 10.9. The molecule has 1 aliphatic rings. The van der Waals surface area contributed by atoms with Gasteiger partial charge < -0.3 is 5.32 Å². The molecule has 27 heavy (non-hydrogen) atoms. The van der Waals surface area contributed by atoms with Crippen LogP contribution in [0.2, 0.25) is 5.02 Å². The van der Waals surface area contributed by atoms with Crippen LogP contribution in [0.1, 0.15) is 31.4 Å². The third kappa shape index (κ3) is 4.07. The Balaban J connectivity index is 1.93. The van der Waals surface area contributed by atoms with Gasteiger partial charge in [0.05, 0.1) is 15.9 Å². The molecule has 1 heterocycles. The second kappa shape index (κ2) is 7.84. The number of hydrogen-bond acceptors (Lipinski definition) is 5. The Morgan fingerprint density at radius 1 is 1.19 bits per heavy atom. The van der Waals surface area contributed by atoms with Crippen LogP contribution < -0.4 is 5.32 Å². The number of nitro groups is 1. The van der Waals surface area contributed by atoms with Gasteiger partial charge in [-0.2, -0.15) is 4.31 Å². The predicted octanol–water partition coefficient (Wildman–Crippen LogP) is 4.21. The third-order valence-corrected chi connectivity index (χ3v) is 6.85. The zero-order chi connectivity index (χ0) is 19.6. The lowest BCUT2D eigenvalue weighted by Crippen LogP contribution is -2.27. The molecule has 0 aliphatic carbocycles. The number of nitrogens with zero attached hydrogens (tertiary/aromatic N) is 2. The summed E-state index contributed by atoms with van der Waals surface area (Å²) < 4.78 is 26.7. The Kier molecular flexibility index (Phi) is 5.69. The molecule has 2 aromatic carbocycles. The summed E-state index contributed by atoms with van der Waals surface area (Å²) in [6, 6.07) is 10.9. The summed E-state index contributed by atoms with van der Waals surface area (Å²) in [5.74, 6) is 0. The Morgan fingerprint density at radius 2 is 1.85 bits per heavy atom. The second-order valence-electron chi connectivity index (χ2n) is 6.43. The smallest absolute Gasteiger partial charge is 0.293 e. The standard InChI is InChI=1S/C18H20ClN3O4S/c1-13(15-6-2-3-7-16(15)19)20-17-9-8-14(12-18(17)22(23)24)27(25,26)21-10-4-5-11-21/h2-3,6-9,12-13,20H,4-5,10-11H2,1H3/t13-/m0/s1. The molecule has 0 saturated carbocycles. The maximum absolute atomic E-state index is 12.7. The number of benzene rings is 2. The summed E-state index contributed by atoms with van der Waals surface area (Å²) in [6.07, 6.45) is 1.60. The maximum Gasteiger partial charge on any atom is 0.293 e. The van der Waals surface area contributed by atoms with Crippen LogP contribution in [0, 0.1) is 10.1 Å². The van der Waals surface area contributed by atoms with Crippen LogP contribution in [-0.4, -0.2) is 30.7 Å². The lowest BCUT2D eigenvalue weighted by molar-refractivity contribution is -0.384. The number of sulfonamides is 1. The van der Waals surface area contributed by atoms with Crippen LogP contribution >= 0.6 is 11.6 Å². The molecule has 1 aliphatic heterocycles. The van der Waals surface area contributed by atoms with Gasteiger partial charge in [-0.05, 0) is 43.5 Å². The Bertz CT molecular complexity index is 959. The number of anilines is 1. The molecule has 144 valence electrons. The molecule has 0 unspecified atom stereocenters. The number of nitrogens with one attached hydrogen (secondary N) is 1. The normalized spacial score (nSPS) is 16.2. The Morgan fingerprint density at radius 3 is 2.48 bits per heavy atom. The van der Waals surface area contributed by atoms with E-state index in [1.807, 2.05) is 19.1 Å². The van der Waals surface area contributed by atoms with Crippen molar-refractivity contribution in [3.63, 3.8) is 0 Å². The summed E-state index contributed by atoms with van der Waals surface area (Å²) in [7, 11) is -3.72. The van der Waals surface area contributed by atoms with E-state index < -0.39 is 14.9 Å². The first-order valence-electron chi connectivity index (χ1n) is 8.60. The molecule has 0 radical (unpaired) electrons. The molecule has 1 N–H and O–H groups in total. The molecule has 0 spiro atoms. The van der Waals surface area contributed by atoms with Gasteiger partial charge >= 0.3 is 0 Å². The van der Waals surface area contributed by atoms with E-state index in [0.717, 1.165) is 24.5 Å². The van der Waals surface area contributed by atoms with Gasteiger partial charge in [0.1, 0.15) is 5.69 Å². The highest BCUT2D eigenvalue weighted by atomic mass is 35.5. The molecule has 3 rings (SSSR count). The lowest BCUT2D eigenvalue weighted by Gasteiger charge is -2.18. The quantitative estimate of drug-likeness (QED) is 0.570. The van der Waals surface area contributed by atoms with E-state index >= 15 is 0 Å². The van der Waals surface area contributed by atoms with E-state index in [0.29, 0.717) is 18.1 Å². The molecule has 2 aromatic rings. The number of halogens is 1. The summed E-state index contributed by atoms with van der Waals surface area (Å²) in [5.41, 5.74) is 0.754. The van der Waals surface area contributed by atoms with Crippen molar-refractivity contribution in [2.24, 2.45) is 0 Å². The van der Waals surface area contributed by atoms with Crippen molar-refractivity contribution in [1.82, 2.24) is 4.31 Å². The van der Waals surface area contributed by atoms with E-state index in [-0.39, 0.29) is 22.3 Å². The minimum absolute atomic E-state index is 0.0629. The van der Waals surface area contributed by atoms with Gasteiger partial charge in [-0.1, -0.05) is 29.8 Å². The van der Waals surface area contributed by atoms with Crippen molar-refractivity contribution in [3.8, 4) is 0 Å². The van der Waals surface area contributed by atoms with Gasteiger partial charge in [-0.15, -0.1) is 0 Å². The van der Waals surface area contributed by atoms with Gasteiger partial charge in [0.25, 0.3) is 5.69 Å². The fraction of sp³-hybridized carbons (Fsp3) is 0.333. The van der Waals surface area contributed by atoms with Crippen LogP contribution in [0.4, 0.5) is 11.4 Å². The van der Waals surface area contributed by atoms with Gasteiger partial charge in [0.15, 0.2) is 0 Å². The molecule has 1 atom stereocenters. The molecule has 0 bridgehead atoms. The van der Waals surface area contributed by atoms with Crippen LogP contribution in [0.3, 0.4) is 0 Å². The fourth-order valence-corrected chi connectivity index (χ4v) is 5.00. The molecule has 1 fully saturated rings. The average Bonchev–Trinajstić information content (AvgIpc) is 3.17. The van der Waals surface area contributed by atoms with Crippen molar-refractivity contribution in [3.05, 3.63) is 63.2 Å². The number of nitro benzene ring substituents is 1. The fourth-order valence-electron chi connectivity index (χ4n) is 3.16. The molecule has 7 nitrogen and oxygen atoms in total. The zero-order valence-electron chi connectivity index (χ0n) is 14.8. The van der Waals surface area contributed by atoms with Crippen molar-refractivity contribution in [2.75, 3.05) is 18.4 Å². The largest absolute Gasteiger partial charge is 0.373 e. The van der Waals surface area contributed by atoms with Crippen molar-refractivity contribution in [2.45, 2.75) is 30.7 Å². The molecule has 9 heteroatoms. The summed E-state index contributed by atoms with van der Waals surface area (Å²) in [5, 5.41) is 15.2. The molecule has 0 amide bonds. The van der Waals surface area contributed by atoms with Crippen molar-refractivity contribution in [1.29, 1.82) is 0 Å². The van der Waals surface area contributed by atoms with Gasteiger partial charge in [-0.25, -0.2) is 8.42 Å². The average molecular weight is 410 g/mol. The summed E-state index contributed by atoms with van der Waals surface area (Å²) >= 11 is 6.19. The monoisotopic (exact) mass is 409 g/mol. The third-order valence-electron chi connectivity index (χ3n) is 4.61. The van der Waals surface area contributed by atoms with E-state index in [2.05, 4.69) is 5.32 Å². The van der Waals surface area contributed by atoms with E-state index in [9.17, 15) is 18.5 Å². The predicted molar refractivity (Wildman–Crippen MR) is 105 cm³/mol. The highest BCUT2D eigenvalue weighted by molar-refractivity contribution is 7.89. The second-order valence-corrected chi connectivity index (χ2v) is 8.78. The summed E-state index contributed by atoms with van der Waals surface area (Å²) in [6.45, 7) is 2.72. The minimum atomic E-state index is -3.72. The van der Waals surface area contributed by atoms with Crippen molar-refractivity contribution < 1.29 is 13.3 Å².